The minimum absolute atomic E-state index is 0.388. The lowest BCUT2D eigenvalue weighted by Crippen LogP contribution is -2.08. The summed E-state index contributed by atoms with van der Waals surface area (Å²) in [4.78, 5) is 14.3. The maximum Gasteiger partial charge on any atom is 0.312 e. The number of fused-ring (bicyclic) bond motifs is 3. The van der Waals surface area contributed by atoms with Crippen molar-refractivity contribution in [1.29, 1.82) is 0 Å². The number of aliphatic carboxylic acids is 1. The third kappa shape index (κ3) is 1.25. The van der Waals surface area contributed by atoms with Gasteiger partial charge in [-0.05, 0) is 36.6 Å². The molecule has 1 aliphatic carbocycles. The normalized spacial score (nSPS) is 18.9. The molecule has 1 unspecified atom stereocenters. The molecule has 1 aromatic heterocycles. The van der Waals surface area contributed by atoms with Crippen LogP contribution < -0.4 is 0 Å². The van der Waals surface area contributed by atoms with Crippen molar-refractivity contribution in [3.8, 4) is 0 Å². The smallest absolute Gasteiger partial charge is 0.312 e. The lowest BCUT2D eigenvalue weighted by atomic mass is 10.1. The Morgan fingerprint density at radius 2 is 2.31 bits per heavy atom. The predicted molar refractivity (Wildman–Crippen MR) is 62.0 cm³/mol. The van der Waals surface area contributed by atoms with Gasteiger partial charge in [0.25, 0.3) is 0 Å². The van der Waals surface area contributed by atoms with Crippen LogP contribution in [0, 0.1) is 0 Å². The second kappa shape index (κ2) is 3.25. The number of hydrogen-bond acceptors (Lipinski definition) is 1. The molecule has 3 rings (SSSR count). The maximum absolute atomic E-state index is 11.1. The van der Waals surface area contributed by atoms with Gasteiger partial charge >= 0.3 is 5.97 Å². The van der Waals surface area contributed by atoms with E-state index < -0.39 is 5.97 Å². The quantitative estimate of drug-likeness (QED) is 0.799. The zero-order valence-electron chi connectivity index (χ0n) is 8.46. The highest BCUT2D eigenvalue weighted by Gasteiger charge is 2.31. The molecular formula is C12H10ClNO2. The van der Waals surface area contributed by atoms with Gasteiger partial charge in [-0.25, -0.2) is 0 Å². The molecular weight excluding hydrogens is 226 g/mol. The van der Waals surface area contributed by atoms with Gasteiger partial charge in [-0.15, -0.1) is 0 Å². The van der Waals surface area contributed by atoms with Crippen LogP contribution in [-0.4, -0.2) is 16.1 Å². The van der Waals surface area contributed by atoms with Gasteiger partial charge in [0.1, 0.15) is 0 Å². The number of halogens is 1. The second-order valence-corrected chi connectivity index (χ2v) is 4.57. The molecule has 0 amide bonds. The Balaban J connectivity index is 2.25. The van der Waals surface area contributed by atoms with Crippen LogP contribution in [0.2, 0.25) is 5.02 Å². The number of aryl methyl sites for hydroxylation is 1. The fraction of sp³-hybridized carbons (Fsp3) is 0.250. The van der Waals surface area contributed by atoms with Gasteiger partial charge in [0.2, 0.25) is 0 Å². The zero-order valence-corrected chi connectivity index (χ0v) is 9.21. The van der Waals surface area contributed by atoms with Crippen LogP contribution >= 0.6 is 11.6 Å². The third-order valence-electron chi connectivity index (χ3n) is 3.23. The Morgan fingerprint density at radius 3 is 3.06 bits per heavy atom. The number of carbonyl (C=O) groups is 1. The summed E-state index contributed by atoms with van der Waals surface area (Å²) in [7, 11) is 0. The van der Waals surface area contributed by atoms with E-state index in [1.165, 1.54) is 0 Å². The van der Waals surface area contributed by atoms with Crippen LogP contribution in [0.25, 0.3) is 10.9 Å². The average Bonchev–Trinajstić information content (AvgIpc) is 2.76. The first kappa shape index (κ1) is 9.73. The molecule has 0 aliphatic heterocycles. The number of H-pyrrole nitrogens is 1. The zero-order chi connectivity index (χ0) is 11.3. The van der Waals surface area contributed by atoms with E-state index in [1.807, 2.05) is 18.2 Å². The summed E-state index contributed by atoms with van der Waals surface area (Å²) < 4.78 is 0. The van der Waals surface area contributed by atoms with Crippen molar-refractivity contribution < 1.29 is 9.90 Å². The molecule has 1 aromatic carbocycles. The molecule has 0 saturated heterocycles. The van der Waals surface area contributed by atoms with Gasteiger partial charge in [-0.1, -0.05) is 11.6 Å². The summed E-state index contributed by atoms with van der Waals surface area (Å²) in [5.74, 6) is -1.14. The summed E-state index contributed by atoms with van der Waals surface area (Å²) in [6, 6.07) is 5.61. The van der Waals surface area contributed by atoms with Crippen molar-refractivity contribution in [2.45, 2.75) is 18.8 Å². The molecule has 1 atom stereocenters. The Labute approximate surface area is 97.0 Å². The second-order valence-electron chi connectivity index (χ2n) is 4.14. The van der Waals surface area contributed by atoms with E-state index in [9.17, 15) is 4.79 Å². The number of rotatable bonds is 1. The van der Waals surface area contributed by atoms with E-state index in [4.69, 9.17) is 16.7 Å². The summed E-state index contributed by atoms with van der Waals surface area (Å²) in [6.45, 7) is 0. The van der Waals surface area contributed by atoms with Crippen LogP contribution in [0.5, 0.6) is 0 Å². The highest BCUT2D eigenvalue weighted by atomic mass is 35.5. The van der Waals surface area contributed by atoms with E-state index >= 15 is 0 Å². The van der Waals surface area contributed by atoms with E-state index in [1.54, 1.807) is 0 Å². The molecule has 0 saturated carbocycles. The largest absolute Gasteiger partial charge is 0.481 e. The molecule has 82 valence electrons. The topological polar surface area (TPSA) is 53.1 Å². The third-order valence-corrected chi connectivity index (χ3v) is 3.47. The molecule has 0 radical (unpaired) electrons. The fourth-order valence-electron chi connectivity index (χ4n) is 2.49. The van der Waals surface area contributed by atoms with Crippen LogP contribution in [0.15, 0.2) is 18.2 Å². The number of hydrogen-bond donors (Lipinski definition) is 2. The first-order chi connectivity index (χ1) is 7.66. The minimum Gasteiger partial charge on any atom is -0.481 e. The van der Waals surface area contributed by atoms with Gasteiger partial charge in [-0.3, -0.25) is 4.79 Å². The molecule has 2 N–H and O–H groups in total. The molecule has 4 heteroatoms. The fourth-order valence-corrected chi connectivity index (χ4v) is 2.66. The lowest BCUT2D eigenvalue weighted by Gasteiger charge is -2.01. The number of carboxylic acids is 1. The Kier molecular flexibility index (Phi) is 1.98. The highest BCUT2D eigenvalue weighted by molar-refractivity contribution is 6.31. The van der Waals surface area contributed by atoms with Crippen LogP contribution in [-0.2, 0) is 11.2 Å². The number of nitrogens with one attached hydrogen (secondary N) is 1. The molecule has 0 spiro atoms. The van der Waals surface area contributed by atoms with E-state index in [0.717, 1.165) is 28.6 Å². The average molecular weight is 236 g/mol. The van der Waals surface area contributed by atoms with Crippen molar-refractivity contribution in [3.63, 3.8) is 0 Å². The Morgan fingerprint density at radius 1 is 1.50 bits per heavy atom. The van der Waals surface area contributed by atoms with Crippen LogP contribution in [0.1, 0.15) is 23.6 Å². The molecule has 0 fully saturated rings. The maximum atomic E-state index is 11.1. The Hall–Kier alpha value is -1.48. The van der Waals surface area contributed by atoms with Crippen molar-refractivity contribution in [2.24, 2.45) is 0 Å². The van der Waals surface area contributed by atoms with E-state index in [0.29, 0.717) is 11.4 Å². The molecule has 1 aliphatic rings. The van der Waals surface area contributed by atoms with Crippen LogP contribution in [0.4, 0.5) is 0 Å². The van der Waals surface area contributed by atoms with Gasteiger partial charge < -0.3 is 10.1 Å². The first-order valence-corrected chi connectivity index (χ1v) is 5.57. The van der Waals surface area contributed by atoms with Crippen molar-refractivity contribution in [3.05, 3.63) is 34.5 Å². The highest BCUT2D eigenvalue weighted by Crippen LogP contribution is 2.38. The molecule has 2 aromatic rings. The first-order valence-electron chi connectivity index (χ1n) is 5.19. The molecule has 0 bridgehead atoms. The van der Waals surface area contributed by atoms with Gasteiger partial charge in [0, 0.05) is 21.6 Å². The summed E-state index contributed by atoms with van der Waals surface area (Å²) in [5.41, 5.74) is 2.94. The van der Waals surface area contributed by atoms with Crippen molar-refractivity contribution in [1.82, 2.24) is 4.98 Å². The summed E-state index contributed by atoms with van der Waals surface area (Å²) >= 11 is 5.95. The van der Waals surface area contributed by atoms with Gasteiger partial charge in [0.05, 0.1) is 5.92 Å². The minimum atomic E-state index is -0.753. The number of aromatic nitrogens is 1. The monoisotopic (exact) mass is 235 g/mol. The van der Waals surface area contributed by atoms with Gasteiger partial charge in [0.15, 0.2) is 0 Å². The number of benzene rings is 1. The summed E-state index contributed by atoms with van der Waals surface area (Å²) in [5, 5.41) is 10.8. The van der Waals surface area contributed by atoms with Crippen molar-refractivity contribution >= 4 is 28.5 Å². The van der Waals surface area contributed by atoms with E-state index in [2.05, 4.69) is 4.98 Å². The van der Waals surface area contributed by atoms with Crippen molar-refractivity contribution in [2.75, 3.05) is 0 Å². The molecule has 1 heterocycles. The molecule has 3 nitrogen and oxygen atoms in total. The number of aromatic amines is 1. The van der Waals surface area contributed by atoms with E-state index in [-0.39, 0.29) is 5.92 Å². The standard InChI is InChI=1S/C12H10ClNO2/c13-6-1-4-10-9(5-6)7-2-3-8(12(15)16)11(7)14-10/h1,4-5,8,14H,2-3H2,(H,15,16). The SMILES string of the molecule is O=C(O)C1CCc2c1[nH]c1ccc(Cl)cc21. The number of carboxylic acid groups (broad SMARTS) is 1. The molecule has 16 heavy (non-hydrogen) atoms. The summed E-state index contributed by atoms with van der Waals surface area (Å²) in [6.07, 6.45) is 1.49. The lowest BCUT2D eigenvalue weighted by molar-refractivity contribution is -0.138. The van der Waals surface area contributed by atoms with Crippen LogP contribution in [0.3, 0.4) is 0 Å². The predicted octanol–water partition coefficient (Wildman–Crippen LogP) is 2.94. The Bertz CT molecular complexity index is 588. The van der Waals surface area contributed by atoms with Gasteiger partial charge in [-0.2, -0.15) is 0 Å².